The van der Waals surface area contributed by atoms with Gasteiger partial charge in [-0.2, -0.15) is 5.10 Å². The Morgan fingerprint density at radius 3 is 2.88 bits per heavy atom. The summed E-state index contributed by atoms with van der Waals surface area (Å²) in [6, 6.07) is 14.5. The van der Waals surface area contributed by atoms with Crippen molar-refractivity contribution in [2.45, 2.75) is 13.3 Å². The Bertz CT molecular complexity index is 901. The molecule has 0 atom stereocenters. The third kappa shape index (κ3) is 4.33. The van der Waals surface area contributed by atoms with E-state index in [1.54, 1.807) is 24.4 Å². The van der Waals surface area contributed by atoms with E-state index in [4.69, 9.17) is 16.0 Å². The average molecular weight is 354 g/mol. The van der Waals surface area contributed by atoms with Crippen LogP contribution in [0.3, 0.4) is 0 Å². The Balaban J connectivity index is 1.63. The molecular weight excluding hydrogens is 338 g/mol. The molecule has 0 saturated carbocycles. The predicted molar refractivity (Wildman–Crippen MR) is 97.8 cm³/mol. The highest BCUT2D eigenvalue weighted by Crippen LogP contribution is 2.24. The monoisotopic (exact) mass is 353 g/mol. The summed E-state index contributed by atoms with van der Waals surface area (Å²) in [7, 11) is 0. The van der Waals surface area contributed by atoms with Crippen molar-refractivity contribution in [3.05, 3.63) is 76.8 Å². The second-order valence-electron chi connectivity index (χ2n) is 5.32. The van der Waals surface area contributed by atoms with Gasteiger partial charge in [0.05, 0.1) is 6.21 Å². The first kappa shape index (κ1) is 16.9. The number of rotatable bonds is 5. The molecule has 0 spiro atoms. The van der Waals surface area contributed by atoms with Crippen LogP contribution in [0.25, 0.3) is 11.3 Å². The maximum absolute atomic E-state index is 12.0. The number of hydrazone groups is 1. The first-order valence-corrected chi connectivity index (χ1v) is 8.17. The number of carbonyl (C=O) groups excluding carboxylic acids is 1. The molecule has 6 heteroatoms. The van der Waals surface area contributed by atoms with Crippen LogP contribution < -0.4 is 5.43 Å². The van der Waals surface area contributed by atoms with Gasteiger partial charge in [0.2, 0.25) is 0 Å². The summed E-state index contributed by atoms with van der Waals surface area (Å²) in [6.07, 6.45) is 4.00. The molecule has 25 heavy (non-hydrogen) atoms. The molecule has 0 radical (unpaired) electrons. The van der Waals surface area contributed by atoms with Crippen LogP contribution in [0.1, 0.15) is 28.7 Å². The number of aryl methyl sites for hydroxylation is 1. The van der Waals surface area contributed by atoms with Crippen molar-refractivity contribution in [1.29, 1.82) is 0 Å². The average Bonchev–Trinajstić information content (AvgIpc) is 3.11. The van der Waals surface area contributed by atoms with E-state index in [0.717, 1.165) is 17.5 Å². The van der Waals surface area contributed by atoms with Gasteiger partial charge in [0.1, 0.15) is 17.2 Å². The predicted octanol–water partition coefficient (Wildman–Crippen LogP) is 4.32. The number of pyridine rings is 1. The van der Waals surface area contributed by atoms with Gasteiger partial charge in [-0.3, -0.25) is 9.78 Å². The second-order valence-corrected chi connectivity index (χ2v) is 5.75. The van der Waals surface area contributed by atoms with Gasteiger partial charge in [0, 0.05) is 16.8 Å². The van der Waals surface area contributed by atoms with Gasteiger partial charge in [0.25, 0.3) is 5.91 Å². The Labute approximate surface area is 150 Å². The van der Waals surface area contributed by atoms with Crippen LogP contribution in [0.15, 0.2) is 64.2 Å². The van der Waals surface area contributed by atoms with Crippen LogP contribution in [0.2, 0.25) is 5.02 Å². The number of hydrogen-bond donors (Lipinski definition) is 1. The minimum atomic E-state index is -0.375. The Morgan fingerprint density at radius 2 is 2.16 bits per heavy atom. The number of benzene rings is 1. The quantitative estimate of drug-likeness (QED) is 0.548. The third-order valence-electron chi connectivity index (χ3n) is 3.56. The van der Waals surface area contributed by atoms with Gasteiger partial charge in [-0.1, -0.05) is 36.7 Å². The van der Waals surface area contributed by atoms with Crippen LogP contribution in [0.5, 0.6) is 0 Å². The summed E-state index contributed by atoms with van der Waals surface area (Å²) in [6.45, 7) is 2.03. The van der Waals surface area contributed by atoms with Crippen molar-refractivity contribution < 1.29 is 9.21 Å². The molecule has 2 aromatic heterocycles. The summed E-state index contributed by atoms with van der Waals surface area (Å²) in [5.74, 6) is 0.817. The van der Waals surface area contributed by atoms with Crippen molar-refractivity contribution in [1.82, 2.24) is 10.4 Å². The van der Waals surface area contributed by atoms with Gasteiger partial charge in [-0.05, 0) is 42.3 Å². The SMILES string of the molecule is CCc1ccc(C(=O)N/N=C\c2ccc(-c3cccc(Cl)c3)o2)nc1. The van der Waals surface area contributed by atoms with Crippen LogP contribution in [0, 0.1) is 0 Å². The topological polar surface area (TPSA) is 67.5 Å². The molecule has 3 aromatic rings. The first-order chi connectivity index (χ1) is 12.2. The molecule has 0 aliphatic carbocycles. The fourth-order valence-corrected chi connectivity index (χ4v) is 2.39. The molecule has 0 aliphatic heterocycles. The molecule has 0 unspecified atom stereocenters. The van der Waals surface area contributed by atoms with Gasteiger partial charge >= 0.3 is 0 Å². The first-order valence-electron chi connectivity index (χ1n) is 7.80. The maximum atomic E-state index is 12.0. The van der Waals surface area contributed by atoms with Crippen molar-refractivity contribution >= 4 is 23.7 Å². The van der Waals surface area contributed by atoms with Gasteiger partial charge in [-0.25, -0.2) is 5.43 Å². The summed E-state index contributed by atoms with van der Waals surface area (Å²) in [5, 5.41) is 4.54. The summed E-state index contributed by atoms with van der Waals surface area (Å²) < 4.78 is 5.67. The van der Waals surface area contributed by atoms with Gasteiger partial charge in [-0.15, -0.1) is 0 Å². The third-order valence-corrected chi connectivity index (χ3v) is 3.79. The molecule has 5 nitrogen and oxygen atoms in total. The zero-order chi connectivity index (χ0) is 17.6. The number of hydrogen-bond acceptors (Lipinski definition) is 4. The standard InChI is InChI=1S/C19H16ClN3O2/c1-2-13-6-8-17(21-11-13)19(24)23-22-12-16-7-9-18(25-16)14-4-3-5-15(20)10-14/h3-12H,2H2,1H3,(H,23,24)/b22-12-. The highest BCUT2D eigenvalue weighted by atomic mass is 35.5. The minimum Gasteiger partial charge on any atom is -0.455 e. The second kappa shape index (κ2) is 7.77. The zero-order valence-electron chi connectivity index (χ0n) is 13.6. The fourth-order valence-electron chi connectivity index (χ4n) is 2.20. The van der Waals surface area contributed by atoms with E-state index in [9.17, 15) is 4.79 Å². The zero-order valence-corrected chi connectivity index (χ0v) is 14.3. The molecular formula is C19H16ClN3O2. The number of nitrogens with zero attached hydrogens (tertiary/aromatic N) is 2. The molecule has 0 bridgehead atoms. The lowest BCUT2D eigenvalue weighted by atomic mass is 10.2. The van der Waals surface area contributed by atoms with E-state index in [1.807, 2.05) is 37.3 Å². The lowest BCUT2D eigenvalue weighted by molar-refractivity contribution is 0.0950. The highest BCUT2D eigenvalue weighted by molar-refractivity contribution is 6.30. The van der Waals surface area contributed by atoms with Crippen molar-refractivity contribution in [3.8, 4) is 11.3 Å². The maximum Gasteiger partial charge on any atom is 0.289 e. The number of carbonyl (C=O) groups is 1. The van der Waals surface area contributed by atoms with Crippen molar-refractivity contribution in [3.63, 3.8) is 0 Å². The van der Waals surface area contributed by atoms with E-state index in [0.29, 0.717) is 22.2 Å². The van der Waals surface area contributed by atoms with Crippen LogP contribution in [-0.4, -0.2) is 17.1 Å². The van der Waals surface area contributed by atoms with Gasteiger partial charge in [0.15, 0.2) is 0 Å². The smallest absolute Gasteiger partial charge is 0.289 e. The number of nitrogens with one attached hydrogen (secondary N) is 1. The molecule has 3 rings (SSSR count). The molecule has 1 N–H and O–H groups in total. The van der Waals surface area contributed by atoms with Crippen LogP contribution in [-0.2, 0) is 6.42 Å². The largest absolute Gasteiger partial charge is 0.455 e. The van der Waals surface area contributed by atoms with E-state index in [1.165, 1.54) is 6.21 Å². The molecule has 1 amide bonds. The van der Waals surface area contributed by atoms with E-state index in [-0.39, 0.29) is 5.91 Å². The summed E-state index contributed by atoms with van der Waals surface area (Å²) >= 11 is 5.98. The van der Waals surface area contributed by atoms with E-state index >= 15 is 0 Å². The number of amides is 1. The van der Waals surface area contributed by atoms with E-state index < -0.39 is 0 Å². The van der Waals surface area contributed by atoms with Crippen LogP contribution >= 0.6 is 11.6 Å². The molecule has 1 aromatic carbocycles. The van der Waals surface area contributed by atoms with Crippen molar-refractivity contribution in [2.75, 3.05) is 0 Å². The Kier molecular flexibility index (Phi) is 5.26. The molecule has 0 aliphatic rings. The number of aromatic nitrogens is 1. The summed E-state index contributed by atoms with van der Waals surface area (Å²) in [4.78, 5) is 16.1. The summed E-state index contributed by atoms with van der Waals surface area (Å²) in [5.41, 5.74) is 4.69. The number of halogens is 1. The Morgan fingerprint density at radius 1 is 1.28 bits per heavy atom. The molecule has 0 fully saturated rings. The lowest BCUT2D eigenvalue weighted by Crippen LogP contribution is -2.18. The highest BCUT2D eigenvalue weighted by Gasteiger charge is 2.06. The van der Waals surface area contributed by atoms with Crippen molar-refractivity contribution in [2.24, 2.45) is 5.10 Å². The lowest BCUT2D eigenvalue weighted by Gasteiger charge is -2.00. The Hall–Kier alpha value is -2.92. The van der Waals surface area contributed by atoms with Crippen LogP contribution in [0.4, 0.5) is 0 Å². The van der Waals surface area contributed by atoms with Gasteiger partial charge < -0.3 is 4.42 Å². The molecule has 0 saturated heterocycles. The van der Waals surface area contributed by atoms with E-state index in [2.05, 4.69) is 15.5 Å². The molecule has 2 heterocycles. The normalized spacial score (nSPS) is 11.0. The fraction of sp³-hybridized carbons (Fsp3) is 0.105. The number of furan rings is 1. The minimum absolute atomic E-state index is 0.313. The molecule has 126 valence electrons.